The Labute approximate surface area is 119 Å². The molecule has 0 aliphatic rings. The van der Waals surface area contributed by atoms with Crippen molar-refractivity contribution in [2.75, 3.05) is 39.9 Å². The molecule has 0 unspecified atom stereocenters. The Morgan fingerprint density at radius 3 is 2.40 bits per heavy atom. The van der Waals surface area contributed by atoms with Crippen LogP contribution < -0.4 is 0 Å². The topological polar surface area (TPSA) is 111 Å². The summed E-state index contributed by atoms with van der Waals surface area (Å²) < 4.78 is 31.6. The normalized spacial score (nSPS) is 11.8. The van der Waals surface area contributed by atoms with E-state index in [0.29, 0.717) is 6.42 Å². The monoisotopic (exact) mass is 307 g/mol. The van der Waals surface area contributed by atoms with E-state index in [1.165, 1.54) is 7.11 Å². The first-order chi connectivity index (χ1) is 9.39. The van der Waals surface area contributed by atoms with Crippen molar-refractivity contribution in [3.05, 3.63) is 0 Å². The Kier molecular flexibility index (Phi) is 9.07. The van der Waals surface area contributed by atoms with Gasteiger partial charge >= 0.3 is 5.97 Å². The van der Waals surface area contributed by atoms with Crippen LogP contribution in [0.2, 0.25) is 0 Å². The Hall–Kier alpha value is -1.21. The van der Waals surface area contributed by atoms with Gasteiger partial charge in [-0.1, -0.05) is 6.92 Å². The molecule has 0 aromatic rings. The summed E-state index contributed by atoms with van der Waals surface area (Å²) in [6.45, 7) is 1.57. The molecule has 0 radical (unpaired) electrons. The van der Waals surface area contributed by atoms with E-state index in [-0.39, 0.29) is 32.7 Å². The fraction of sp³-hybridized carbons (Fsp3) is 0.818. The largest absolute Gasteiger partial charge is 0.480 e. The molecule has 0 aliphatic heterocycles. The summed E-state index contributed by atoms with van der Waals surface area (Å²) in [5, 5.41) is 17.4. The zero-order valence-electron chi connectivity index (χ0n) is 11.8. The number of hydrogen-bond acceptors (Lipinski definition) is 5. The predicted molar refractivity (Wildman–Crippen MR) is 72.1 cm³/mol. The van der Waals surface area contributed by atoms with Crippen molar-refractivity contribution in [2.45, 2.75) is 19.8 Å². The first-order valence-electron chi connectivity index (χ1n) is 6.23. The van der Waals surface area contributed by atoms with Crippen LogP contribution in [0.15, 0.2) is 0 Å². The molecule has 0 aromatic heterocycles. The summed E-state index contributed by atoms with van der Waals surface area (Å²) in [5.74, 6) is -1.21. The highest BCUT2D eigenvalue weighted by atomic mass is 32.2. The first kappa shape index (κ1) is 18.8. The number of hydrogen-bond donors (Lipinski definition) is 1. The fourth-order valence-electron chi connectivity index (χ4n) is 1.55. The Bertz CT molecular complexity index is 432. The Morgan fingerprint density at radius 2 is 1.95 bits per heavy atom. The lowest BCUT2D eigenvalue weighted by atomic mass is 10.4. The van der Waals surface area contributed by atoms with Crippen LogP contribution in [0.5, 0.6) is 0 Å². The molecule has 0 spiro atoms. The van der Waals surface area contributed by atoms with Crippen molar-refractivity contribution in [2.24, 2.45) is 0 Å². The van der Waals surface area contributed by atoms with Gasteiger partial charge < -0.3 is 9.84 Å². The number of carboxylic acid groups (broad SMARTS) is 1. The summed E-state index contributed by atoms with van der Waals surface area (Å²) in [6, 6.07) is 1.88. The second kappa shape index (κ2) is 9.66. The molecule has 0 aliphatic carbocycles. The molecule has 20 heavy (non-hydrogen) atoms. The minimum atomic E-state index is -3.91. The lowest BCUT2D eigenvalue weighted by Crippen LogP contribution is -2.47. The molecular formula is C11H21N3O5S. The number of ether oxygens (including phenoxy) is 1. The molecule has 9 heteroatoms. The standard InChI is InChI=1S/C11H21N3O5S/c1-3-6-14(10-11(15)16)20(17,18)13(7-4-5-12)8-9-19-2/h3-4,6-10H2,1-2H3,(H,15,16). The molecule has 0 saturated carbocycles. The van der Waals surface area contributed by atoms with Gasteiger partial charge in [-0.15, -0.1) is 0 Å². The van der Waals surface area contributed by atoms with E-state index in [1.54, 1.807) is 6.92 Å². The summed E-state index contributed by atoms with van der Waals surface area (Å²) in [5.41, 5.74) is 0. The molecule has 116 valence electrons. The van der Waals surface area contributed by atoms with E-state index in [0.717, 1.165) is 8.61 Å². The molecule has 1 N–H and O–H groups in total. The number of nitriles is 1. The SMILES string of the molecule is CCCN(CC(=O)O)S(=O)(=O)N(CCC#N)CCOC. The maximum absolute atomic E-state index is 12.4. The van der Waals surface area contributed by atoms with Crippen LogP contribution in [0.3, 0.4) is 0 Å². The molecule has 0 heterocycles. The highest BCUT2D eigenvalue weighted by molar-refractivity contribution is 7.86. The van der Waals surface area contributed by atoms with Crippen molar-refractivity contribution >= 4 is 16.2 Å². The van der Waals surface area contributed by atoms with E-state index in [1.807, 2.05) is 6.07 Å². The summed E-state index contributed by atoms with van der Waals surface area (Å²) in [7, 11) is -2.47. The molecule has 0 aromatic carbocycles. The van der Waals surface area contributed by atoms with Crippen LogP contribution >= 0.6 is 0 Å². The summed E-state index contributed by atoms with van der Waals surface area (Å²) in [6.07, 6.45) is 0.541. The van der Waals surface area contributed by atoms with Crippen LogP contribution in [-0.2, 0) is 19.7 Å². The van der Waals surface area contributed by atoms with E-state index >= 15 is 0 Å². The average molecular weight is 307 g/mol. The number of aliphatic carboxylic acids is 1. The number of rotatable bonds is 11. The van der Waals surface area contributed by atoms with Crippen molar-refractivity contribution < 1.29 is 23.1 Å². The molecule has 0 atom stereocenters. The van der Waals surface area contributed by atoms with Gasteiger partial charge in [0.2, 0.25) is 0 Å². The van der Waals surface area contributed by atoms with E-state index < -0.39 is 22.7 Å². The van der Waals surface area contributed by atoms with Gasteiger partial charge in [0.05, 0.1) is 12.7 Å². The molecule has 0 bridgehead atoms. The van der Waals surface area contributed by atoms with Crippen LogP contribution in [0.4, 0.5) is 0 Å². The third kappa shape index (κ3) is 6.29. The molecule has 0 fully saturated rings. The third-order valence-electron chi connectivity index (χ3n) is 2.46. The van der Waals surface area contributed by atoms with Crippen molar-refractivity contribution in [3.63, 3.8) is 0 Å². The predicted octanol–water partition coefficient (Wildman–Crippen LogP) is -0.110. The van der Waals surface area contributed by atoms with Gasteiger partial charge in [0.1, 0.15) is 6.54 Å². The quantitative estimate of drug-likeness (QED) is 0.570. The zero-order chi connectivity index (χ0) is 15.6. The van der Waals surface area contributed by atoms with Gasteiger partial charge in [0.15, 0.2) is 0 Å². The maximum Gasteiger partial charge on any atom is 0.318 e. The van der Waals surface area contributed by atoms with Gasteiger partial charge in [0, 0.05) is 33.2 Å². The molecule has 0 saturated heterocycles. The number of carboxylic acids is 1. The lowest BCUT2D eigenvalue weighted by molar-refractivity contribution is -0.137. The maximum atomic E-state index is 12.4. The molecule has 0 amide bonds. The van der Waals surface area contributed by atoms with Crippen LogP contribution in [0.25, 0.3) is 0 Å². The van der Waals surface area contributed by atoms with Gasteiger partial charge in [-0.2, -0.15) is 22.3 Å². The highest BCUT2D eigenvalue weighted by Gasteiger charge is 2.30. The van der Waals surface area contributed by atoms with Gasteiger partial charge in [-0.3, -0.25) is 4.79 Å². The second-order valence-electron chi connectivity index (χ2n) is 4.04. The van der Waals surface area contributed by atoms with E-state index in [4.69, 9.17) is 15.1 Å². The van der Waals surface area contributed by atoms with Gasteiger partial charge in [-0.25, -0.2) is 0 Å². The van der Waals surface area contributed by atoms with Crippen LogP contribution in [0, 0.1) is 11.3 Å². The number of methoxy groups -OCH3 is 1. The first-order valence-corrected chi connectivity index (χ1v) is 7.62. The van der Waals surface area contributed by atoms with Gasteiger partial charge in [0.25, 0.3) is 10.2 Å². The molecule has 0 rings (SSSR count). The summed E-state index contributed by atoms with van der Waals surface area (Å²) in [4.78, 5) is 10.8. The number of carbonyl (C=O) groups is 1. The fourth-order valence-corrected chi connectivity index (χ4v) is 3.19. The minimum Gasteiger partial charge on any atom is -0.480 e. The molecule has 8 nitrogen and oxygen atoms in total. The second-order valence-corrected chi connectivity index (χ2v) is 5.96. The van der Waals surface area contributed by atoms with Crippen LogP contribution in [-0.4, -0.2) is 68.0 Å². The van der Waals surface area contributed by atoms with Crippen LogP contribution in [0.1, 0.15) is 19.8 Å². The third-order valence-corrected chi connectivity index (χ3v) is 4.44. The Morgan fingerprint density at radius 1 is 1.30 bits per heavy atom. The highest BCUT2D eigenvalue weighted by Crippen LogP contribution is 2.10. The van der Waals surface area contributed by atoms with Crippen molar-refractivity contribution in [1.82, 2.24) is 8.61 Å². The lowest BCUT2D eigenvalue weighted by Gasteiger charge is -2.28. The van der Waals surface area contributed by atoms with Crippen molar-refractivity contribution in [1.29, 1.82) is 5.26 Å². The zero-order valence-corrected chi connectivity index (χ0v) is 12.6. The Balaban J connectivity index is 5.11. The van der Waals surface area contributed by atoms with Crippen molar-refractivity contribution in [3.8, 4) is 6.07 Å². The van der Waals surface area contributed by atoms with E-state index in [9.17, 15) is 13.2 Å². The van der Waals surface area contributed by atoms with E-state index in [2.05, 4.69) is 0 Å². The average Bonchev–Trinajstić information content (AvgIpc) is 2.37. The number of nitrogens with zero attached hydrogens (tertiary/aromatic N) is 3. The smallest absolute Gasteiger partial charge is 0.318 e. The summed E-state index contributed by atoms with van der Waals surface area (Å²) >= 11 is 0. The van der Waals surface area contributed by atoms with Gasteiger partial charge in [-0.05, 0) is 6.42 Å². The molecular weight excluding hydrogens is 286 g/mol. The minimum absolute atomic E-state index is 0.0159.